The van der Waals surface area contributed by atoms with Crippen LogP contribution in [0.15, 0.2) is 0 Å². The van der Waals surface area contributed by atoms with Gasteiger partial charge >= 0.3 is 0 Å². The van der Waals surface area contributed by atoms with Crippen LogP contribution in [0.2, 0.25) is 5.02 Å². The van der Waals surface area contributed by atoms with Crippen molar-refractivity contribution >= 4 is 11.6 Å². The summed E-state index contributed by atoms with van der Waals surface area (Å²) >= 11 is 6.44. The second kappa shape index (κ2) is 6.92. The predicted molar refractivity (Wildman–Crippen MR) is 83.5 cm³/mol. The standard InChI is InChI=1S/C15H27ClN4/c1-4-12-15(16)14(20(3)19-12)9-13(18-17)11-7-5-10(2)6-8-11/h10-11,13,18H,4-9,17H2,1-3H3. The molecule has 0 saturated heterocycles. The van der Waals surface area contributed by atoms with Crippen LogP contribution in [0.4, 0.5) is 0 Å². The van der Waals surface area contributed by atoms with Gasteiger partial charge in [0.1, 0.15) is 0 Å². The van der Waals surface area contributed by atoms with Crippen LogP contribution in [-0.4, -0.2) is 15.8 Å². The van der Waals surface area contributed by atoms with Crippen molar-refractivity contribution in [3.05, 3.63) is 16.4 Å². The highest BCUT2D eigenvalue weighted by atomic mass is 35.5. The summed E-state index contributed by atoms with van der Waals surface area (Å²) in [6, 6.07) is 0.292. The van der Waals surface area contributed by atoms with Gasteiger partial charge in [0.2, 0.25) is 0 Å². The minimum absolute atomic E-state index is 0.292. The third-order valence-electron chi connectivity index (χ3n) is 4.76. The van der Waals surface area contributed by atoms with Crippen LogP contribution >= 0.6 is 11.6 Å². The van der Waals surface area contributed by atoms with E-state index in [0.717, 1.165) is 35.2 Å². The minimum Gasteiger partial charge on any atom is -0.271 e. The fraction of sp³-hybridized carbons (Fsp3) is 0.800. The van der Waals surface area contributed by atoms with Crippen LogP contribution in [0.1, 0.15) is 50.9 Å². The smallest absolute Gasteiger partial charge is 0.0850 e. The Bertz CT molecular complexity index is 435. The fourth-order valence-corrected chi connectivity index (χ4v) is 3.67. The SMILES string of the molecule is CCc1nn(C)c(CC(NN)C2CCC(C)CC2)c1Cl. The molecule has 0 aromatic carbocycles. The van der Waals surface area contributed by atoms with Gasteiger partial charge in [-0.3, -0.25) is 16.0 Å². The lowest BCUT2D eigenvalue weighted by atomic mass is 9.78. The van der Waals surface area contributed by atoms with Gasteiger partial charge in [-0.1, -0.05) is 38.3 Å². The molecule has 0 radical (unpaired) electrons. The highest BCUT2D eigenvalue weighted by Crippen LogP contribution is 2.32. The summed E-state index contributed by atoms with van der Waals surface area (Å²) < 4.78 is 1.91. The average molecular weight is 299 g/mol. The number of aromatic nitrogens is 2. The lowest BCUT2D eigenvalue weighted by Crippen LogP contribution is -2.44. The van der Waals surface area contributed by atoms with Crippen molar-refractivity contribution in [2.75, 3.05) is 0 Å². The molecule has 1 aliphatic rings. The number of hydrazine groups is 1. The lowest BCUT2D eigenvalue weighted by Gasteiger charge is -2.32. The van der Waals surface area contributed by atoms with Crippen LogP contribution in [0, 0.1) is 11.8 Å². The van der Waals surface area contributed by atoms with Crippen LogP contribution in [-0.2, 0) is 19.9 Å². The Morgan fingerprint density at radius 2 is 2.05 bits per heavy atom. The molecule has 114 valence electrons. The second-order valence-electron chi connectivity index (χ2n) is 6.18. The van der Waals surface area contributed by atoms with E-state index in [1.165, 1.54) is 25.7 Å². The van der Waals surface area contributed by atoms with Gasteiger partial charge in [-0.05, 0) is 31.1 Å². The molecule has 4 nitrogen and oxygen atoms in total. The van der Waals surface area contributed by atoms with Crippen LogP contribution < -0.4 is 11.3 Å². The Morgan fingerprint density at radius 3 is 2.55 bits per heavy atom. The topological polar surface area (TPSA) is 55.9 Å². The highest BCUT2D eigenvalue weighted by molar-refractivity contribution is 6.31. The molecular formula is C15H27ClN4. The molecule has 1 unspecified atom stereocenters. The van der Waals surface area contributed by atoms with E-state index in [4.69, 9.17) is 17.4 Å². The molecule has 0 spiro atoms. The Balaban J connectivity index is 2.08. The molecule has 5 heteroatoms. The molecule has 1 atom stereocenters. The Morgan fingerprint density at radius 1 is 1.40 bits per heavy atom. The van der Waals surface area contributed by atoms with Gasteiger partial charge in [-0.15, -0.1) is 0 Å². The molecule has 3 N–H and O–H groups in total. The van der Waals surface area contributed by atoms with Crippen molar-refractivity contribution in [3.63, 3.8) is 0 Å². The summed E-state index contributed by atoms with van der Waals surface area (Å²) in [6.45, 7) is 4.42. The monoisotopic (exact) mass is 298 g/mol. The van der Waals surface area contributed by atoms with E-state index >= 15 is 0 Å². The molecule has 1 fully saturated rings. The summed E-state index contributed by atoms with van der Waals surface area (Å²) in [7, 11) is 1.97. The Labute approximate surface area is 127 Å². The summed E-state index contributed by atoms with van der Waals surface area (Å²) in [4.78, 5) is 0. The number of halogens is 1. The van der Waals surface area contributed by atoms with Crippen LogP contribution in [0.25, 0.3) is 0 Å². The van der Waals surface area contributed by atoms with Gasteiger partial charge < -0.3 is 0 Å². The molecular weight excluding hydrogens is 272 g/mol. The molecule has 20 heavy (non-hydrogen) atoms. The van der Waals surface area contributed by atoms with Gasteiger partial charge in [-0.2, -0.15) is 5.10 Å². The molecule has 0 bridgehead atoms. The van der Waals surface area contributed by atoms with Gasteiger partial charge in [0.05, 0.1) is 16.4 Å². The number of nitrogens with zero attached hydrogens (tertiary/aromatic N) is 2. The summed E-state index contributed by atoms with van der Waals surface area (Å²) in [5.74, 6) is 7.31. The maximum atomic E-state index is 6.44. The molecule has 0 amide bonds. The molecule has 1 saturated carbocycles. The van der Waals surface area contributed by atoms with Crippen LogP contribution in [0.5, 0.6) is 0 Å². The van der Waals surface area contributed by atoms with Crippen molar-refractivity contribution in [2.24, 2.45) is 24.7 Å². The first-order valence-corrected chi connectivity index (χ1v) is 8.10. The average Bonchev–Trinajstić information content (AvgIpc) is 2.72. The van der Waals surface area contributed by atoms with Gasteiger partial charge in [0, 0.05) is 19.5 Å². The quantitative estimate of drug-likeness (QED) is 0.649. The van der Waals surface area contributed by atoms with E-state index < -0.39 is 0 Å². The van der Waals surface area contributed by atoms with Gasteiger partial charge in [0.25, 0.3) is 0 Å². The zero-order valence-corrected chi connectivity index (χ0v) is 13.6. The number of nitrogens with two attached hydrogens (primary N) is 1. The van der Waals surface area contributed by atoms with E-state index in [-0.39, 0.29) is 0 Å². The first-order chi connectivity index (χ1) is 9.56. The zero-order valence-electron chi connectivity index (χ0n) is 12.8. The molecule has 0 aliphatic heterocycles. The molecule has 1 aliphatic carbocycles. The van der Waals surface area contributed by atoms with Gasteiger partial charge in [0.15, 0.2) is 0 Å². The predicted octanol–water partition coefficient (Wildman–Crippen LogP) is 2.84. The van der Waals surface area contributed by atoms with Crippen molar-refractivity contribution in [2.45, 2.75) is 58.4 Å². The number of aryl methyl sites for hydroxylation is 2. The number of rotatable bonds is 5. The molecule has 2 rings (SSSR count). The Kier molecular flexibility index (Phi) is 5.47. The van der Waals surface area contributed by atoms with E-state index in [2.05, 4.69) is 24.4 Å². The van der Waals surface area contributed by atoms with Crippen molar-refractivity contribution < 1.29 is 0 Å². The van der Waals surface area contributed by atoms with E-state index in [1.807, 2.05) is 11.7 Å². The third kappa shape index (κ3) is 3.35. The largest absolute Gasteiger partial charge is 0.271 e. The third-order valence-corrected chi connectivity index (χ3v) is 5.20. The maximum absolute atomic E-state index is 6.44. The van der Waals surface area contributed by atoms with Crippen LogP contribution in [0.3, 0.4) is 0 Å². The zero-order chi connectivity index (χ0) is 14.7. The van der Waals surface area contributed by atoms with E-state index in [0.29, 0.717) is 12.0 Å². The van der Waals surface area contributed by atoms with E-state index in [1.54, 1.807) is 0 Å². The normalized spacial score (nSPS) is 24.9. The lowest BCUT2D eigenvalue weighted by molar-refractivity contribution is 0.228. The number of hydrogen-bond acceptors (Lipinski definition) is 3. The maximum Gasteiger partial charge on any atom is 0.0850 e. The molecule has 1 heterocycles. The van der Waals surface area contributed by atoms with Crippen molar-refractivity contribution in [1.82, 2.24) is 15.2 Å². The van der Waals surface area contributed by atoms with Crippen molar-refractivity contribution in [3.8, 4) is 0 Å². The first kappa shape index (κ1) is 15.8. The fourth-order valence-electron chi connectivity index (χ4n) is 3.30. The van der Waals surface area contributed by atoms with E-state index in [9.17, 15) is 0 Å². The summed E-state index contributed by atoms with van der Waals surface area (Å²) in [5, 5.41) is 5.31. The Hall–Kier alpha value is -0.580. The number of hydrogen-bond donors (Lipinski definition) is 2. The minimum atomic E-state index is 0.292. The summed E-state index contributed by atoms with van der Waals surface area (Å²) in [6.07, 6.45) is 6.86. The number of nitrogens with one attached hydrogen (secondary N) is 1. The highest BCUT2D eigenvalue weighted by Gasteiger charge is 2.27. The van der Waals surface area contributed by atoms with Crippen molar-refractivity contribution in [1.29, 1.82) is 0 Å². The first-order valence-electron chi connectivity index (χ1n) is 7.73. The van der Waals surface area contributed by atoms with Gasteiger partial charge in [-0.25, -0.2) is 0 Å². The molecule has 1 aromatic heterocycles. The second-order valence-corrected chi connectivity index (χ2v) is 6.56. The summed E-state index contributed by atoms with van der Waals surface area (Å²) in [5.41, 5.74) is 5.10. The molecule has 1 aromatic rings.